The average Bonchev–Trinajstić information content (AvgIpc) is 2.87. The van der Waals surface area contributed by atoms with Crippen LogP contribution < -0.4 is 9.47 Å². The molecule has 0 N–H and O–H groups in total. The van der Waals surface area contributed by atoms with Crippen molar-refractivity contribution < 1.29 is 17.9 Å². The van der Waals surface area contributed by atoms with E-state index in [-0.39, 0.29) is 20.0 Å². The third kappa shape index (κ3) is 4.17. The van der Waals surface area contributed by atoms with Gasteiger partial charge in [0, 0.05) is 11.4 Å². The van der Waals surface area contributed by atoms with Crippen molar-refractivity contribution in [1.82, 2.24) is 0 Å². The van der Waals surface area contributed by atoms with Gasteiger partial charge >= 0.3 is 0 Å². The molecule has 1 aliphatic rings. The van der Waals surface area contributed by atoms with Crippen LogP contribution in [0.4, 0.5) is 0 Å². The smallest absolute Gasteiger partial charge is 0.218 e. The minimum absolute atomic E-state index is 0.0303. The van der Waals surface area contributed by atoms with E-state index >= 15 is 0 Å². The number of rotatable bonds is 3. The summed E-state index contributed by atoms with van der Waals surface area (Å²) in [4.78, 5) is -0.748. The molecule has 9 heteroatoms. The fourth-order valence-corrected chi connectivity index (χ4v) is 4.64. The van der Waals surface area contributed by atoms with Gasteiger partial charge in [0.15, 0.2) is 11.5 Å². The van der Waals surface area contributed by atoms with Crippen molar-refractivity contribution in [3.05, 3.63) is 55.9 Å². The van der Waals surface area contributed by atoms with Gasteiger partial charge in [0.1, 0.15) is 11.0 Å². The molecule has 2 aromatic rings. The number of allylic oxidation sites excluding steroid dienone is 1. The molecule has 1 aliphatic heterocycles. The Labute approximate surface area is 171 Å². The number of ether oxygens (including phenoxy) is 2. The van der Waals surface area contributed by atoms with Crippen LogP contribution >= 0.6 is 34.8 Å². The highest BCUT2D eigenvalue weighted by Gasteiger charge is 2.25. The Bertz CT molecular complexity index is 1070. The van der Waals surface area contributed by atoms with E-state index in [2.05, 4.69) is 0 Å². The quantitative estimate of drug-likeness (QED) is 0.612. The summed E-state index contributed by atoms with van der Waals surface area (Å²) in [6, 6.07) is 8.79. The standard InChI is InChI=1S/C18H12Cl3NO4S/c19-12-2-3-14(20)17(9-12)27(23,24)13(10-22)6-11-7-15(21)18-16(8-11)25-4-1-5-26-18/h2-3,6-9H,1,4-5H2. The third-order valence-electron chi connectivity index (χ3n) is 3.70. The topological polar surface area (TPSA) is 76.4 Å². The molecular formula is C18H12Cl3NO4S. The van der Waals surface area contributed by atoms with Crippen molar-refractivity contribution >= 4 is 50.7 Å². The van der Waals surface area contributed by atoms with Gasteiger partial charge in [-0.1, -0.05) is 34.8 Å². The number of halogens is 3. The van der Waals surface area contributed by atoms with Gasteiger partial charge in [0.05, 0.1) is 28.2 Å². The number of benzene rings is 2. The monoisotopic (exact) mass is 443 g/mol. The van der Waals surface area contributed by atoms with Crippen molar-refractivity contribution in [1.29, 1.82) is 5.26 Å². The molecule has 0 fully saturated rings. The normalized spacial score (nSPS) is 14.4. The highest BCUT2D eigenvalue weighted by atomic mass is 35.5. The molecular weight excluding hydrogens is 433 g/mol. The van der Waals surface area contributed by atoms with Gasteiger partial charge in [-0.25, -0.2) is 8.42 Å². The van der Waals surface area contributed by atoms with Crippen LogP contribution in [-0.2, 0) is 9.84 Å². The van der Waals surface area contributed by atoms with Crippen molar-refractivity contribution in [2.45, 2.75) is 11.3 Å². The highest BCUT2D eigenvalue weighted by Crippen LogP contribution is 2.39. The Morgan fingerprint density at radius 1 is 1.07 bits per heavy atom. The zero-order valence-corrected chi connectivity index (χ0v) is 16.8. The van der Waals surface area contributed by atoms with E-state index in [9.17, 15) is 13.7 Å². The Morgan fingerprint density at radius 2 is 1.81 bits per heavy atom. The first-order chi connectivity index (χ1) is 12.8. The fourth-order valence-electron chi connectivity index (χ4n) is 2.46. The van der Waals surface area contributed by atoms with Gasteiger partial charge in [0.2, 0.25) is 9.84 Å². The number of hydrogen-bond acceptors (Lipinski definition) is 5. The van der Waals surface area contributed by atoms with Crippen LogP contribution in [0.3, 0.4) is 0 Å². The summed E-state index contributed by atoms with van der Waals surface area (Å²) >= 11 is 18.1. The lowest BCUT2D eigenvalue weighted by atomic mass is 10.2. The van der Waals surface area contributed by atoms with Crippen molar-refractivity contribution in [2.75, 3.05) is 13.2 Å². The Hall–Kier alpha value is -1.91. The van der Waals surface area contributed by atoms with E-state index in [4.69, 9.17) is 44.3 Å². The second-order valence-corrected chi connectivity index (χ2v) is 8.72. The number of hydrogen-bond donors (Lipinski definition) is 0. The van der Waals surface area contributed by atoms with Gasteiger partial charge in [0.25, 0.3) is 0 Å². The lowest BCUT2D eigenvalue weighted by Crippen LogP contribution is -2.04. The van der Waals surface area contributed by atoms with Gasteiger partial charge in [-0.2, -0.15) is 5.26 Å². The molecule has 0 unspecified atom stereocenters. The van der Waals surface area contributed by atoms with Gasteiger partial charge in [-0.05, 0) is 42.0 Å². The Kier molecular flexibility index (Phi) is 5.87. The zero-order chi connectivity index (χ0) is 19.6. The minimum Gasteiger partial charge on any atom is -0.489 e. The average molecular weight is 445 g/mol. The SMILES string of the molecule is N#CC(=Cc1cc(Cl)c2c(c1)OCCCO2)S(=O)(=O)c1cc(Cl)ccc1Cl. The molecule has 2 aromatic carbocycles. The molecule has 27 heavy (non-hydrogen) atoms. The molecule has 0 amide bonds. The third-order valence-corrected chi connectivity index (χ3v) is 6.37. The van der Waals surface area contributed by atoms with Crippen LogP contribution in [0.25, 0.3) is 6.08 Å². The van der Waals surface area contributed by atoms with Gasteiger partial charge < -0.3 is 9.47 Å². The highest BCUT2D eigenvalue weighted by molar-refractivity contribution is 7.95. The van der Waals surface area contributed by atoms with Crippen molar-refractivity contribution in [3.8, 4) is 17.6 Å². The second kappa shape index (κ2) is 7.99. The van der Waals surface area contributed by atoms with E-state index in [0.717, 1.165) is 0 Å². The molecule has 0 bridgehead atoms. The lowest BCUT2D eigenvalue weighted by Gasteiger charge is -2.10. The van der Waals surface area contributed by atoms with Crippen LogP contribution in [0.5, 0.6) is 11.5 Å². The summed E-state index contributed by atoms with van der Waals surface area (Å²) in [5.74, 6) is 0.785. The zero-order valence-electron chi connectivity index (χ0n) is 13.7. The van der Waals surface area contributed by atoms with Crippen LogP contribution in [-0.4, -0.2) is 21.6 Å². The molecule has 0 saturated heterocycles. The summed E-state index contributed by atoms with van der Waals surface area (Å²) < 4.78 is 36.8. The molecule has 0 aromatic heterocycles. The van der Waals surface area contributed by atoms with Gasteiger partial charge in [-0.3, -0.25) is 0 Å². The van der Waals surface area contributed by atoms with Crippen molar-refractivity contribution in [3.63, 3.8) is 0 Å². The molecule has 0 atom stereocenters. The first kappa shape index (κ1) is 19.8. The van der Waals surface area contributed by atoms with Crippen molar-refractivity contribution in [2.24, 2.45) is 0 Å². The molecule has 0 saturated carbocycles. The largest absolute Gasteiger partial charge is 0.489 e. The maximum Gasteiger partial charge on any atom is 0.218 e. The van der Waals surface area contributed by atoms with Gasteiger partial charge in [-0.15, -0.1) is 0 Å². The number of nitrogens with zero attached hydrogens (tertiary/aromatic N) is 1. The second-order valence-electron chi connectivity index (χ2n) is 5.58. The van der Waals surface area contributed by atoms with E-state index in [1.54, 1.807) is 12.1 Å². The molecule has 5 nitrogen and oxygen atoms in total. The first-order valence-electron chi connectivity index (χ1n) is 7.74. The summed E-state index contributed by atoms with van der Waals surface area (Å²) in [5, 5.41) is 9.85. The number of nitriles is 1. The molecule has 1 heterocycles. The minimum atomic E-state index is -4.18. The lowest BCUT2D eigenvalue weighted by molar-refractivity contribution is 0.297. The first-order valence-corrected chi connectivity index (χ1v) is 10.4. The molecule has 0 spiro atoms. The fraction of sp³-hybridized carbons (Fsp3) is 0.167. The van der Waals surface area contributed by atoms with Crippen LogP contribution in [0.1, 0.15) is 12.0 Å². The number of sulfone groups is 1. The van der Waals surface area contributed by atoms with E-state index in [1.165, 1.54) is 30.3 Å². The summed E-state index contributed by atoms with van der Waals surface area (Å²) in [5.41, 5.74) is 0.377. The predicted octanol–water partition coefficient (Wildman–Crippen LogP) is 5.15. The van der Waals surface area contributed by atoms with E-state index in [1.807, 2.05) is 0 Å². The van der Waals surface area contributed by atoms with Crippen LogP contribution in [0, 0.1) is 11.3 Å². The molecule has 140 valence electrons. The van der Waals surface area contributed by atoms with Crippen LogP contribution in [0.2, 0.25) is 15.1 Å². The molecule has 0 radical (unpaired) electrons. The van der Waals surface area contributed by atoms with Crippen LogP contribution in [0.15, 0.2) is 40.1 Å². The summed E-state index contributed by atoms with van der Waals surface area (Å²) in [7, 11) is -4.18. The molecule has 3 rings (SSSR count). The maximum absolute atomic E-state index is 12.8. The summed E-state index contributed by atoms with van der Waals surface area (Å²) in [6.45, 7) is 0.908. The molecule has 0 aliphatic carbocycles. The Morgan fingerprint density at radius 3 is 2.56 bits per heavy atom. The maximum atomic E-state index is 12.8. The van der Waals surface area contributed by atoms with E-state index in [0.29, 0.717) is 36.7 Å². The van der Waals surface area contributed by atoms with E-state index < -0.39 is 14.7 Å². The summed E-state index contributed by atoms with van der Waals surface area (Å²) in [6.07, 6.45) is 1.90. The predicted molar refractivity (Wildman–Crippen MR) is 104 cm³/mol. The number of fused-ring (bicyclic) bond motifs is 1. The Balaban J connectivity index is 2.09.